The highest BCUT2D eigenvalue weighted by molar-refractivity contribution is 5.24. The Kier molecular flexibility index (Phi) is 4.36. The highest BCUT2D eigenvalue weighted by Crippen LogP contribution is 2.42. The largest absolute Gasteiger partial charge is 0.384 e. The van der Waals surface area contributed by atoms with Gasteiger partial charge in [-0.15, -0.1) is 0 Å². The molecule has 1 saturated heterocycles. The van der Waals surface area contributed by atoms with Gasteiger partial charge in [0.25, 0.3) is 5.56 Å². The van der Waals surface area contributed by atoms with Crippen molar-refractivity contribution in [3.8, 4) is 0 Å². The molecular formula is C16H20F2N6O4. The van der Waals surface area contributed by atoms with E-state index in [4.69, 9.17) is 10.5 Å². The zero-order valence-electron chi connectivity index (χ0n) is 15.0. The lowest BCUT2D eigenvalue weighted by Crippen LogP contribution is -2.45. The quantitative estimate of drug-likeness (QED) is 0.592. The number of aliphatic hydroxyl groups is 1. The number of aromatic nitrogens is 4. The molecule has 0 saturated carbocycles. The van der Waals surface area contributed by atoms with Crippen LogP contribution in [-0.4, -0.2) is 60.6 Å². The fraction of sp³-hybridized carbons (Fsp3) is 0.562. The minimum atomic E-state index is -3.69. The standard InChI is InChI=1S/C16H20F2N6O4/c1-22-9-6-23(4-2-8(9)13(26)21-22)7-10-12(25)16(17,18)14(28-10)24-5-3-11(19)20-15(24)27/h3,5,10,12,14,25H,2,4,6-7H2,1H3,(H,21,26)(H2,19,20,27)/t10-,12-,14-/m1/s1. The number of hydrogen-bond acceptors (Lipinski definition) is 7. The molecule has 0 aromatic carbocycles. The Morgan fingerprint density at radius 3 is 2.93 bits per heavy atom. The van der Waals surface area contributed by atoms with Crippen molar-refractivity contribution in [2.75, 3.05) is 18.8 Å². The van der Waals surface area contributed by atoms with Gasteiger partial charge in [-0.3, -0.25) is 24.0 Å². The Labute approximate surface area is 157 Å². The number of aryl methyl sites for hydroxylation is 1. The van der Waals surface area contributed by atoms with E-state index in [1.165, 1.54) is 6.07 Å². The van der Waals surface area contributed by atoms with Gasteiger partial charge in [-0.25, -0.2) is 4.79 Å². The van der Waals surface area contributed by atoms with Gasteiger partial charge in [0.15, 0.2) is 0 Å². The van der Waals surface area contributed by atoms with Crippen LogP contribution in [0.5, 0.6) is 0 Å². The lowest BCUT2D eigenvalue weighted by atomic mass is 10.0. The minimum absolute atomic E-state index is 0.0171. The molecule has 0 bridgehead atoms. The van der Waals surface area contributed by atoms with Gasteiger partial charge in [-0.05, 0) is 12.5 Å². The van der Waals surface area contributed by atoms with Crippen LogP contribution >= 0.6 is 0 Å². The number of ether oxygens (including phenoxy) is 1. The summed E-state index contributed by atoms with van der Waals surface area (Å²) >= 11 is 0. The molecule has 3 atom stereocenters. The maximum Gasteiger partial charge on any atom is 0.351 e. The first kappa shape index (κ1) is 18.8. The molecule has 2 aliphatic rings. The topological polar surface area (TPSA) is 131 Å². The van der Waals surface area contributed by atoms with Gasteiger partial charge in [0.05, 0.1) is 5.69 Å². The van der Waals surface area contributed by atoms with Gasteiger partial charge in [0.1, 0.15) is 18.0 Å². The summed E-state index contributed by atoms with van der Waals surface area (Å²) in [6.07, 6.45) is -3.76. The van der Waals surface area contributed by atoms with Crippen LogP contribution in [0.15, 0.2) is 21.9 Å². The maximum atomic E-state index is 14.6. The minimum Gasteiger partial charge on any atom is -0.384 e. The number of alkyl halides is 2. The normalized spacial score (nSPS) is 27.1. The Hall–Kier alpha value is -2.57. The molecule has 2 aromatic heterocycles. The molecule has 28 heavy (non-hydrogen) atoms. The van der Waals surface area contributed by atoms with Crippen molar-refractivity contribution in [2.45, 2.75) is 37.3 Å². The van der Waals surface area contributed by atoms with Gasteiger partial charge in [0.2, 0.25) is 6.23 Å². The number of H-pyrrole nitrogens is 1. The Balaban J connectivity index is 1.54. The van der Waals surface area contributed by atoms with Crippen molar-refractivity contribution in [2.24, 2.45) is 7.05 Å². The van der Waals surface area contributed by atoms with E-state index in [0.717, 1.165) is 11.9 Å². The predicted octanol–water partition coefficient (Wildman–Crippen LogP) is -1.20. The third-order valence-electron chi connectivity index (χ3n) is 5.27. The second-order valence-corrected chi connectivity index (χ2v) is 7.10. The van der Waals surface area contributed by atoms with Crippen LogP contribution in [0, 0.1) is 0 Å². The lowest BCUT2D eigenvalue weighted by molar-refractivity contribution is -0.140. The number of nitrogens with zero attached hydrogens (tertiary/aromatic N) is 4. The Morgan fingerprint density at radius 2 is 2.21 bits per heavy atom. The summed E-state index contributed by atoms with van der Waals surface area (Å²) < 4.78 is 36.9. The molecule has 2 aliphatic heterocycles. The van der Waals surface area contributed by atoms with Crippen LogP contribution in [0.3, 0.4) is 0 Å². The van der Waals surface area contributed by atoms with E-state index in [9.17, 15) is 23.5 Å². The highest BCUT2D eigenvalue weighted by Gasteiger charge is 2.59. The van der Waals surface area contributed by atoms with Gasteiger partial charge < -0.3 is 15.6 Å². The van der Waals surface area contributed by atoms with Crippen molar-refractivity contribution in [1.29, 1.82) is 0 Å². The molecule has 12 heteroatoms. The fourth-order valence-electron chi connectivity index (χ4n) is 3.77. The number of aliphatic hydroxyl groups excluding tert-OH is 1. The third kappa shape index (κ3) is 2.93. The van der Waals surface area contributed by atoms with Crippen LogP contribution in [0.25, 0.3) is 0 Å². The first-order valence-electron chi connectivity index (χ1n) is 8.73. The molecule has 0 aliphatic carbocycles. The zero-order valence-corrected chi connectivity index (χ0v) is 15.0. The molecule has 2 aromatic rings. The monoisotopic (exact) mass is 398 g/mol. The first-order valence-corrected chi connectivity index (χ1v) is 8.73. The van der Waals surface area contributed by atoms with Crippen LogP contribution in [0.2, 0.25) is 0 Å². The van der Waals surface area contributed by atoms with E-state index in [-0.39, 0.29) is 17.9 Å². The van der Waals surface area contributed by atoms with Gasteiger partial charge >= 0.3 is 11.6 Å². The molecule has 4 N–H and O–H groups in total. The van der Waals surface area contributed by atoms with E-state index in [1.54, 1.807) is 11.7 Å². The third-order valence-corrected chi connectivity index (χ3v) is 5.27. The summed E-state index contributed by atoms with van der Waals surface area (Å²) in [5, 5.41) is 12.8. The number of nitrogens with one attached hydrogen (secondary N) is 1. The van der Waals surface area contributed by atoms with Crippen molar-refractivity contribution in [3.63, 3.8) is 0 Å². The second-order valence-electron chi connectivity index (χ2n) is 7.10. The van der Waals surface area contributed by atoms with Crippen LogP contribution < -0.4 is 17.0 Å². The first-order chi connectivity index (χ1) is 13.2. The number of nitrogens with two attached hydrogens (primary N) is 1. The summed E-state index contributed by atoms with van der Waals surface area (Å²) in [5.74, 6) is -3.78. The average Bonchev–Trinajstić information content (AvgIpc) is 3.03. The molecule has 0 spiro atoms. The molecule has 0 amide bonds. The smallest absolute Gasteiger partial charge is 0.351 e. The van der Waals surface area contributed by atoms with E-state index in [2.05, 4.69) is 10.1 Å². The molecule has 10 nitrogen and oxygen atoms in total. The summed E-state index contributed by atoms with van der Waals surface area (Å²) in [5.41, 5.74) is 5.69. The number of hydrogen-bond donors (Lipinski definition) is 3. The number of anilines is 1. The molecule has 0 radical (unpaired) electrons. The molecule has 1 fully saturated rings. The molecule has 0 unspecified atom stereocenters. The summed E-state index contributed by atoms with van der Waals surface area (Å²) in [4.78, 5) is 29.0. The second kappa shape index (κ2) is 6.50. The Bertz CT molecular complexity index is 1020. The van der Waals surface area contributed by atoms with E-state index in [0.29, 0.717) is 29.6 Å². The lowest BCUT2D eigenvalue weighted by Gasteiger charge is -2.29. The molecule has 152 valence electrons. The molecular weight excluding hydrogens is 378 g/mol. The fourth-order valence-corrected chi connectivity index (χ4v) is 3.77. The highest BCUT2D eigenvalue weighted by atomic mass is 19.3. The van der Waals surface area contributed by atoms with Crippen molar-refractivity contribution in [1.82, 2.24) is 24.2 Å². The van der Waals surface area contributed by atoms with Crippen LogP contribution in [0.1, 0.15) is 17.5 Å². The molecule has 4 heterocycles. The maximum absolute atomic E-state index is 14.6. The van der Waals surface area contributed by atoms with E-state index in [1.807, 2.05) is 4.90 Å². The van der Waals surface area contributed by atoms with Crippen LogP contribution in [0.4, 0.5) is 14.6 Å². The van der Waals surface area contributed by atoms with Crippen molar-refractivity contribution in [3.05, 3.63) is 44.4 Å². The number of halogens is 2. The molecule has 4 rings (SSSR count). The van der Waals surface area contributed by atoms with Crippen LogP contribution in [-0.2, 0) is 24.8 Å². The van der Waals surface area contributed by atoms with Gasteiger partial charge in [-0.2, -0.15) is 13.8 Å². The van der Waals surface area contributed by atoms with E-state index >= 15 is 0 Å². The summed E-state index contributed by atoms with van der Waals surface area (Å²) in [6.45, 7) is 0.840. The predicted molar refractivity (Wildman–Crippen MR) is 92.8 cm³/mol. The zero-order chi connectivity index (χ0) is 20.2. The Morgan fingerprint density at radius 1 is 1.46 bits per heavy atom. The van der Waals surface area contributed by atoms with Gasteiger partial charge in [0, 0.05) is 38.4 Å². The number of aromatic amines is 1. The van der Waals surface area contributed by atoms with Crippen molar-refractivity contribution >= 4 is 5.82 Å². The SMILES string of the molecule is Cn1[nH]c(=O)c2c1CN(C[C@H]1O[C@@H](n3ccc(N)nc3=O)C(F)(F)[C@@H]1O)CC2. The average molecular weight is 398 g/mol. The van der Waals surface area contributed by atoms with Crippen molar-refractivity contribution < 1.29 is 18.6 Å². The number of rotatable bonds is 3. The van der Waals surface area contributed by atoms with E-state index < -0.39 is 30.0 Å². The number of fused-ring (bicyclic) bond motifs is 1. The number of nitrogen functional groups attached to an aromatic ring is 1. The van der Waals surface area contributed by atoms with Gasteiger partial charge in [-0.1, -0.05) is 0 Å². The summed E-state index contributed by atoms with van der Waals surface area (Å²) in [6, 6.07) is 1.21. The summed E-state index contributed by atoms with van der Waals surface area (Å²) in [7, 11) is 1.70.